The number of phenolic OH excluding ortho intramolecular Hbond substituents is 2. The minimum absolute atomic E-state index is 0.0549. The molecular formula is C11H15NO4. The number of amides is 1. The normalized spacial score (nSPS) is 11.2. The van der Waals surface area contributed by atoms with Gasteiger partial charge in [0.1, 0.15) is 11.5 Å². The van der Waals surface area contributed by atoms with Crippen LogP contribution in [0.1, 0.15) is 24.2 Å². The fourth-order valence-electron chi connectivity index (χ4n) is 1.13. The molecule has 0 aliphatic heterocycles. The molecule has 0 heterocycles. The molecule has 0 aliphatic carbocycles. The zero-order chi connectivity index (χ0) is 12.3. The van der Waals surface area contributed by atoms with Gasteiger partial charge in [0, 0.05) is 6.07 Å². The highest BCUT2D eigenvalue weighted by atomic mass is 16.3. The van der Waals surface area contributed by atoms with E-state index in [1.165, 1.54) is 12.1 Å². The summed E-state index contributed by atoms with van der Waals surface area (Å²) in [6.07, 6.45) is 0. The number of hydrogen-bond acceptors (Lipinski definition) is 4. The quantitative estimate of drug-likeness (QED) is 0.606. The summed E-state index contributed by atoms with van der Waals surface area (Å²) < 4.78 is 0. The van der Waals surface area contributed by atoms with Crippen molar-refractivity contribution in [1.82, 2.24) is 5.32 Å². The van der Waals surface area contributed by atoms with Gasteiger partial charge < -0.3 is 20.6 Å². The maximum atomic E-state index is 11.7. The monoisotopic (exact) mass is 225 g/mol. The number of carbonyl (C=O) groups excluding carboxylic acids is 1. The van der Waals surface area contributed by atoms with E-state index in [1.807, 2.05) is 0 Å². The highest BCUT2D eigenvalue weighted by molar-refractivity contribution is 5.97. The third kappa shape index (κ3) is 2.87. The first kappa shape index (κ1) is 12.3. The molecule has 5 nitrogen and oxygen atoms in total. The molecule has 4 N–H and O–H groups in total. The molecule has 0 aliphatic rings. The van der Waals surface area contributed by atoms with Gasteiger partial charge in [-0.15, -0.1) is 0 Å². The molecule has 16 heavy (non-hydrogen) atoms. The Morgan fingerprint density at radius 2 is 2.00 bits per heavy atom. The lowest BCUT2D eigenvalue weighted by molar-refractivity contribution is 0.0866. The summed E-state index contributed by atoms with van der Waals surface area (Å²) in [7, 11) is 0. The van der Waals surface area contributed by atoms with Crippen molar-refractivity contribution < 1.29 is 20.1 Å². The number of benzene rings is 1. The molecule has 88 valence electrons. The van der Waals surface area contributed by atoms with Crippen LogP contribution in [-0.4, -0.2) is 33.4 Å². The summed E-state index contributed by atoms with van der Waals surface area (Å²) in [6.45, 7) is 3.10. The Hall–Kier alpha value is -1.75. The lowest BCUT2D eigenvalue weighted by Gasteiger charge is -2.23. The number of aliphatic hydroxyl groups is 1. The van der Waals surface area contributed by atoms with E-state index in [9.17, 15) is 9.90 Å². The summed E-state index contributed by atoms with van der Waals surface area (Å²) in [5.41, 5.74) is -0.708. The third-order valence-electron chi connectivity index (χ3n) is 2.07. The fraction of sp³-hybridized carbons (Fsp3) is 0.364. The number of phenols is 2. The molecule has 0 fully saturated rings. The number of nitrogens with one attached hydrogen (secondary N) is 1. The average Bonchev–Trinajstić information content (AvgIpc) is 2.16. The molecule has 0 atom stereocenters. The Balaban J connectivity index is 2.89. The summed E-state index contributed by atoms with van der Waals surface area (Å²) in [5.74, 6) is -0.918. The van der Waals surface area contributed by atoms with E-state index < -0.39 is 11.4 Å². The molecule has 1 aromatic carbocycles. The van der Waals surface area contributed by atoms with Crippen LogP contribution in [0, 0.1) is 0 Å². The second kappa shape index (κ2) is 4.40. The molecule has 0 bridgehead atoms. The van der Waals surface area contributed by atoms with E-state index in [-0.39, 0.29) is 23.7 Å². The predicted octanol–water partition coefficient (Wildman–Crippen LogP) is 0.599. The van der Waals surface area contributed by atoms with Gasteiger partial charge in [-0.05, 0) is 26.0 Å². The average molecular weight is 225 g/mol. The zero-order valence-corrected chi connectivity index (χ0v) is 9.19. The maximum absolute atomic E-state index is 11.7. The van der Waals surface area contributed by atoms with Crippen LogP contribution >= 0.6 is 0 Å². The summed E-state index contributed by atoms with van der Waals surface area (Å²) >= 11 is 0. The molecular weight excluding hydrogens is 210 g/mol. The van der Waals surface area contributed by atoms with Crippen molar-refractivity contribution in [2.75, 3.05) is 6.61 Å². The minimum Gasteiger partial charge on any atom is -0.508 e. The van der Waals surface area contributed by atoms with Crippen molar-refractivity contribution >= 4 is 5.91 Å². The van der Waals surface area contributed by atoms with E-state index >= 15 is 0 Å². The molecule has 1 rings (SSSR count). The van der Waals surface area contributed by atoms with Crippen LogP contribution in [0.3, 0.4) is 0 Å². The van der Waals surface area contributed by atoms with Crippen molar-refractivity contribution in [3.05, 3.63) is 23.8 Å². The van der Waals surface area contributed by atoms with Gasteiger partial charge in [-0.3, -0.25) is 4.79 Å². The van der Waals surface area contributed by atoms with Gasteiger partial charge in [-0.2, -0.15) is 0 Å². The van der Waals surface area contributed by atoms with Gasteiger partial charge >= 0.3 is 0 Å². The SMILES string of the molecule is CC(C)(CO)NC(=O)c1ccc(O)cc1O. The largest absolute Gasteiger partial charge is 0.508 e. The van der Waals surface area contributed by atoms with Gasteiger partial charge in [0.25, 0.3) is 5.91 Å². The highest BCUT2D eigenvalue weighted by Crippen LogP contribution is 2.22. The Morgan fingerprint density at radius 1 is 1.38 bits per heavy atom. The number of carbonyl (C=O) groups is 1. The van der Waals surface area contributed by atoms with Crippen LogP contribution in [0.5, 0.6) is 11.5 Å². The zero-order valence-electron chi connectivity index (χ0n) is 9.19. The van der Waals surface area contributed by atoms with Crippen molar-refractivity contribution in [3.8, 4) is 11.5 Å². The predicted molar refractivity (Wildman–Crippen MR) is 58.4 cm³/mol. The Labute approximate surface area is 93.4 Å². The lowest BCUT2D eigenvalue weighted by atomic mass is 10.1. The van der Waals surface area contributed by atoms with E-state index in [2.05, 4.69) is 5.32 Å². The highest BCUT2D eigenvalue weighted by Gasteiger charge is 2.21. The summed E-state index contributed by atoms with van der Waals surface area (Å²) in [6, 6.07) is 3.70. The second-order valence-electron chi connectivity index (χ2n) is 4.20. The third-order valence-corrected chi connectivity index (χ3v) is 2.07. The van der Waals surface area contributed by atoms with E-state index in [0.717, 1.165) is 6.07 Å². The molecule has 0 aromatic heterocycles. The Morgan fingerprint density at radius 3 is 2.50 bits per heavy atom. The Kier molecular flexibility index (Phi) is 3.39. The summed E-state index contributed by atoms with van der Waals surface area (Å²) in [4.78, 5) is 11.7. The number of aromatic hydroxyl groups is 2. The lowest BCUT2D eigenvalue weighted by Crippen LogP contribution is -2.46. The van der Waals surface area contributed by atoms with Crippen LogP contribution in [0.4, 0.5) is 0 Å². The first-order valence-corrected chi connectivity index (χ1v) is 4.81. The summed E-state index contributed by atoms with van der Waals surface area (Å²) in [5, 5.41) is 30.1. The van der Waals surface area contributed by atoms with E-state index in [1.54, 1.807) is 13.8 Å². The van der Waals surface area contributed by atoms with E-state index in [4.69, 9.17) is 10.2 Å². The van der Waals surface area contributed by atoms with Crippen LogP contribution in [0.15, 0.2) is 18.2 Å². The molecule has 0 saturated heterocycles. The van der Waals surface area contributed by atoms with Gasteiger partial charge in [-0.25, -0.2) is 0 Å². The van der Waals surface area contributed by atoms with Crippen molar-refractivity contribution in [2.24, 2.45) is 0 Å². The van der Waals surface area contributed by atoms with Crippen molar-refractivity contribution in [1.29, 1.82) is 0 Å². The molecule has 0 spiro atoms. The van der Waals surface area contributed by atoms with Gasteiger partial charge in [0.2, 0.25) is 0 Å². The van der Waals surface area contributed by atoms with Crippen LogP contribution in [-0.2, 0) is 0 Å². The van der Waals surface area contributed by atoms with Crippen molar-refractivity contribution in [2.45, 2.75) is 19.4 Å². The topological polar surface area (TPSA) is 89.8 Å². The number of aliphatic hydroxyl groups excluding tert-OH is 1. The van der Waals surface area contributed by atoms with Gasteiger partial charge in [-0.1, -0.05) is 0 Å². The molecule has 0 unspecified atom stereocenters. The first-order valence-electron chi connectivity index (χ1n) is 4.81. The van der Waals surface area contributed by atoms with Crippen LogP contribution < -0.4 is 5.32 Å². The van der Waals surface area contributed by atoms with Gasteiger partial charge in [0.15, 0.2) is 0 Å². The molecule has 1 amide bonds. The van der Waals surface area contributed by atoms with Crippen LogP contribution in [0.2, 0.25) is 0 Å². The maximum Gasteiger partial charge on any atom is 0.255 e. The Bertz CT molecular complexity index is 401. The molecule has 0 saturated carbocycles. The first-order chi connectivity index (χ1) is 7.35. The fourth-order valence-corrected chi connectivity index (χ4v) is 1.13. The van der Waals surface area contributed by atoms with Crippen molar-refractivity contribution in [3.63, 3.8) is 0 Å². The number of hydrogen-bond donors (Lipinski definition) is 4. The second-order valence-corrected chi connectivity index (χ2v) is 4.20. The van der Waals surface area contributed by atoms with E-state index in [0.29, 0.717) is 0 Å². The smallest absolute Gasteiger partial charge is 0.255 e. The standard InChI is InChI=1S/C11H15NO4/c1-11(2,6-13)12-10(16)8-4-3-7(14)5-9(8)15/h3-5,13-15H,6H2,1-2H3,(H,12,16). The molecule has 5 heteroatoms. The molecule has 0 radical (unpaired) electrons. The number of rotatable bonds is 3. The van der Waals surface area contributed by atoms with Gasteiger partial charge in [0.05, 0.1) is 17.7 Å². The molecule has 1 aromatic rings. The van der Waals surface area contributed by atoms with Crippen LogP contribution in [0.25, 0.3) is 0 Å². The minimum atomic E-state index is -0.762.